The van der Waals surface area contributed by atoms with Gasteiger partial charge in [0.25, 0.3) is 0 Å². The van der Waals surface area contributed by atoms with E-state index in [-0.39, 0.29) is 24.9 Å². The van der Waals surface area contributed by atoms with E-state index >= 15 is 0 Å². The van der Waals surface area contributed by atoms with Crippen molar-refractivity contribution in [2.75, 3.05) is 19.6 Å². The van der Waals surface area contributed by atoms with Gasteiger partial charge in [-0.3, -0.25) is 19.8 Å². The van der Waals surface area contributed by atoms with Crippen molar-refractivity contribution in [1.29, 1.82) is 0 Å². The van der Waals surface area contributed by atoms with Crippen molar-refractivity contribution in [3.63, 3.8) is 0 Å². The predicted octanol–water partition coefficient (Wildman–Crippen LogP) is -0.483. The third-order valence-electron chi connectivity index (χ3n) is 2.38. The maximum Gasteiger partial charge on any atom is 0.240 e. The van der Waals surface area contributed by atoms with Crippen LogP contribution in [0.25, 0.3) is 0 Å². The van der Waals surface area contributed by atoms with Crippen LogP contribution >= 0.6 is 11.3 Å². The van der Waals surface area contributed by atoms with E-state index in [1.54, 1.807) is 11.3 Å². The highest BCUT2D eigenvalue weighted by Gasteiger charge is 2.22. The highest BCUT2D eigenvalue weighted by Crippen LogP contribution is 2.16. The second-order valence-electron chi connectivity index (χ2n) is 3.92. The molecule has 3 N–H and O–H groups in total. The highest BCUT2D eigenvalue weighted by atomic mass is 32.1. The van der Waals surface area contributed by atoms with Gasteiger partial charge in [0.05, 0.1) is 19.6 Å². The number of nitrogens with zero attached hydrogens (tertiary/aromatic N) is 1. The van der Waals surface area contributed by atoms with Crippen molar-refractivity contribution in [3.05, 3.63) is 21.9 Å². The molecule has 0 unspecified atom stereocenters. The van der Waals surface area contributed by atoms with Crippen LogP contribution in [0.5, 0.6) is 0 Å². The summed E-state index contributed by atoms with van der Waals surface area (Å²) in [5.74, 6) is 5.25. The van der Waals surface area contributed by atoms with Gasteiger partial charge in [0.1, 0.15) is 0 Å². The molecule has 1 aliphatic rings. The Morgan fingerprint density at radius 1 is 1.39 bits per heavy atom. The van der Waals surface area contributed by atoms with Crippen molar-refractivity contribution in [3.8, 4) is 11.8 Å². The molecule has 1 aromatic heterocycles. The van der Waals surface area contributed by atoms with Gasteiger partial charge in [0, 0.05) is 22.4 Å². The fourth-order valence-electron chi connectivity index (χ4n) is 1.71. The van der Waals surface area contributed by atoms with Crippen LogP contribution < -0.4 is 11.1 Å². The molecule has 5 nitrogen and oxygen atoms in total. The molecular formula is C12H13N3O2S. The molecular weight excluding hydrogens is 250 g/mol. The fourth-order valence-corrected chi connectivity index (χ4v) is 2.57. The average molecular weight is 263 g/mol. The third kappa shape index (κ3) is 3.40. The van der Waals surface area contributed by atoms with E-state index in [1.807, 2.05) is 16.3 Å². The predicted molar refractivity (Wildman–Crippen MR) is 68.7 cm³/mol. The Morgan fingerprint density at radius 3 is 2.78 bits per heavy atom. The van der Waals surface area contributed by atoms with Crippen molar-refractivity contribution >= 4 is 23.2 Å². The lowest BCUT2D eigenvalue weighted by Crippen LogP contribution is -2.50. The molecule has 0 radical (unpaired) electrons. The number of thiophene rings is 1. The minimum atomic E-state index is -0.244. The van der Waals surface area contributed by atoms with E-state index in [9.17, 15) is 9.59 Å². The number of nitrogens with one attached hydrogen (secondary N) is 1. The van der Waals surface area contributed by atoms with E-state index in [0.29, 0.717) is 13.1 Å². The van der Waals surface area contributed by atoms with Gasteiger partial charge in [-0.15, -0.1) is 11.3 Å². The molecule has 94 valence electrons. The summed E-state index contributed by atoms with van der Waals surface area (Å²) in [6.07, 6.45) is 0. The first-order chi connectivity index (χ1) is 8.67. The van der Waals surface area contributed by atoms with Gasteiger partial charge >= 0.3 is 0 Å². The molecule has 1 aliphatic heterocycles. The van der Waals surface area contributed by atoms with Gasteiger partial charge in [-0.2, -0.15) is 0 Å². The largest absolute Gasteiger partial charge is 0.320 e. The van der Waals surface area contributed by atoms with Gasteiger partial charge < -0.3 is 5.73 Å². The topological polar surface area (TPSA) is 75.4 Å². The molecule has 18 heavy (non-hydrogen) atoms. The summed E-state index contributed by atoms with van der Waals surface area (Å²) in [5.41, 5.74) is 6.23. The second kappa shape index (κ2) is 5.78. The average Bonchev–Trinajstić information content (AvgIpc) is 2.72. The van der Waals surface area contributed by atoms with E-state index in [1.165, 1.54) is 0 Å². The molecule has 0 spiro atoms. The summed E-state index contributed by atoms with van der Waals surface area (Å²) >= 11 is 1.57. The van der Waals surface area contributed by atoms with E-state index in [2.05, 4.69) is 17.2 Å². The Balaban J connectivity index is 1.98. The van der Waals surface area contributed by atoms with Crippen LogP contribution in [-0.4, -0.2) is 36.3 Å². The fraction of sp³-hybridized carbons (Fsp3) is 0.333. The summed E-state index contributed by atoms with van der Waals surface area (Å²) in [6, 6.07) is 1.96. The molecule has 0 saturated carbocycles. The molecule has 0 atom stereocenters. The molecule has 2 amide bonds. The standard InChI is InChI=1S/C12H13N3O2S/c13-3-1-2-9-4-10(18-8-9)5-15-6-11(16)14-12(17)7-15/h4,8H,3,5-7,13H2,(H,14,16,17). The summed E-state index contributed by atoms with van der Waals surface area (Å²) in [4.78, 5) is 25.3. The Morgan fingerprint density at radius 2 is 2.11 bits per heavy atom. The number of hydrogen-bond acceptors (Lipinski definition) is 5. The van der Waals surface area contributed by atoms with Crippen LogP contribution in [0.4, 0.5) is 0 Å². The number of hydrogen-bond donors (Lipinski definition) is 2. The normalized spacial score (nSPS) is 16.1. The zero-order chi connectivity index (χ0) is 13.0. The number of piperazine rings is 1. The molecule has 0 bridgehead atoms. The highest BCUT2D eigenvalue weighted by molar-refractivity contribution is 7.10. The number of nitrogens with two attached hydrogens (primary N) is 1. The monoisotopic (exact) mass is 263 g/mol. The zero-order valence-electron chi connectivity index (χ0n) is 9.73. The Kier molecular flexibility index (Phi) is 4.10. The van der Waals surface area contributed by atoms with E-state index in [0.717, 1.165) is 10.4 Å². The van der Waals surface area contributed by atoms with Gasteiger partial charge in [-0.1, -0.05) is 11.8 Å². The number of carbonyl (C=O) groups is 2. The summed E-state index contributed by atoms with van der Waals surface area (Å²) < 4.78 is 0. The SMILES string of the molecule is NCC#Cc1csc(CN2CC(=O)NC(=O)C2)c1. The van der Waals surface area contributed by atoms with Crippen LogP contribution in [0.2, 0.25) is 0 Å². The number of rotatable bonds is 2. The van der Waals surface area contributed by atoms with Crippen molar-refractivity contribution < 1.29 is 9.59 Å². The second-order valence-corrected chi connectivity index (χ2v) is 4.92. The zero-order valence-corrected chi connectivity index (χ0v) is 10.5. The summed E-state index contributed by atoms with van der Waals surface area (Å²) in [7, 11) is 0. The first-order valence-corrected chi connectivity index (χ1v) is 6.36. The number of amides is 2. The summed E-state index contributed by atoms with van der Waals surface area (Å²) in [6.45, 7) is 1.45. The maximum absolute atomic E-state index is 11.2. The van der Waals surface area contributed by atoms with Gasteiger partial charge in [0.15, 0.2) is 0 Å². The maximum atomic E-state index is 11.2. The third-order valence-corrected chi connectivity index (χ3v) is 3.30. The van der Waals surface area contributed by atoms with Crippen LogP contribution in [0, 0.1) is 11.8 Å². The molecule has 0 aliphatic carbocycles. The molecule has 1 aromatic rings. The van der Waals surface area contributed by atoms with Crippen LogP contribution in [0.15, 0.2) is 11.4 Å². The van der Waals surface area contributed by atoms with Crippen molar-refractivity contribution in [2.45, 2.75) is 6.54 Å². The van der Waals surface area contributed by atoms with Crippen LogP contribution in [0.1, 0.15) is 10.4 Å². The lowest BCUT2D eigenvalue weighted by Gasteiger charge is -2.24. The Labute approximate surface area is 109 Å². The first kappa shape index (κ1) is 12.8. The van der Waals surface area contributed by atoms with Crippen LogP contribution in [0.3, 0.4) is 0 Å². The van der Waals surface area contributed by atoms with Gasteiger partial charge in [-0.05, 0) is 6.07 Å². The van der Waals surface area contributed by atoms with Gasteiger partial charge in [-0.25, -0.2) is 0 Å². The quantitative estimate of drug-likeness (QED) is 0.558. The van der Waals surface area contributed by atoms with E-state index < -0.39 is 0 Å². The summed E-state index contributed by atoms with van der Waals surface area (Å²) in [5, 5.41) is 4.22. The van der Waals surface area contributed by atoms with Crippen LogP contribution in [-0.2, 0) is 16.1 Å². The molecule has 0 aromatic carbocycles. The first-order valence-electron chi connectivity index (χ1n) is 5.49. The molecule has 2 rings (SSSR count). The lowest BCUT2D eigenvalue weighted by molar-refractivity contribution is -0.136. The lowest BCUT2D eigenvalue weighted by atomic mass is 10.3. The van der Waals surface area contributed by atoms with Crippen molar-refractivity contribution in [1.82, 2.24) is 10.2 Å². The Hall–Kier alpha value is -1.68. The molecule has 1 saturated heterocycles. The van der Waals surface area contributed by atoms with E-state index in [4.69, 9.17) is 5.73 Å². The molecule has 2 heterocycles. The Bertz CT molecular complexity index is 511. The molecule has 6 heteroatoms. The minimum absolute atomic E-state index is 0.244. The van der Waals surface area contributed by atoms with Crippen molar-refractivity contribution in [2.24, 2.45) is 5.73 Å². The minimum Gasteiger partial charge on any atom is -0.320 e. The number of imide groups is 1. The smallest absolute Gasteiger partial charge is 0.240 e. The molecule has 1 fully saturated rings. The van der Waals surface area contributed by atoms with Gasteiger partial charge in [0.2, 0.25) is 11.8 Å². The number of carbonyl (C=O) groups excluding carboxylic acids is 2.